The van der Waals surface area contributed by atoms with Gasteiger partial charge in [-0.3, -0.25) is 4.79 Å². The van der Waals surface area contributed by atoms with Crippen LogP contribution >= 0.6 is 0 Å². The summed E-state index contributed by atoms with van der Waals surface area (Å²) in [6.45, 7) is 1.44. The molecular weight excluding hydrogens is 194 g/mol. The summed E-state index contributed by atoms with van der Waals surface area (Å²) in [5.74, 6) is 0.850. The first-order valence-corrected chi connectivity index (χ1v) is 4.37. The third-order valence-corrected chi connectivity index (χ3v) is 1.72. The van der Waals surface area contributed by atoms with Crippen LogP contribution in [0.3, 0.4) is 0 Å². The summed E-state index contributed by atoms with van der Waals surface area (Å²) < 4.78 is 10.2. The Bertz CT molecular complexity index is 407. The van der Waals surface area contributed by atoms with Crippen LogP contribution in [0.5, 0.6) is 11.5 Å². The first-order chi connectivity index (χ1) is 7.17. The van der Waals surface area contributed by atoms with Crippen molar-refractivity contribution in [2.75, 3.05) is 13.7 Å². The maximum absolute atomic E-state index is 10.7. The first kappa shape index (κ1) is 11.1. The highest BCUT2D eigenvalue weighted by Crippen LogP contribution is 2.27. The van der Waals surface area contributed by atoms with Crippen molar-refractivity contribution in [3.8, 4) is 17.6 Å². The number of ether oxygens (including phenoxy) is 2. The lowest BCUT2D eigenvalue weighted by atomic mass is 10.2. The van der Waals surface area contributed by atoms with Gasteiger partial charge in [-0.25, -0.2) is 0 Å². The molecule has 0 fully saturated rings. The summed E-state index contributed by atoms with van der Waals surface area (Å²) >= 11 is 0. The van der Waals surface area contributed by atoms with E-state index in [4.69, 9.17) is 14.7 Å². The van der Waals surface area contributed by atoms with Crippen molar-refractivity contribution in [2.45, 2.75) is 6.92 Å². The summed E-state index contributed by atoms with van der Waals surface area (Å²) in [6, 6.07) is 6.78. The van der Waals surface area contributed by atoms with Gasteiger partial charge in [0.1, 0.15) is 6.61 Å². The van der Waals surface area contributed by atoms with Crippen molar-refractivity contribution in [1.29, 1.82) is 5.26 Å². The molecule has 4 heteroatoms. The minimum absolute atomic E-state index is 0.00224. The molecule has 4 nitrogen and oxygen atoms in total. The van der Waals surface area contributed by atoms with Crippen LogP contribution in [0, 0.1) is 11.3 Å². The van der Waals surface area contributed by atoms with Crippen LogP contribution in [-0.4, -0.2) is 19.5 Å². The molecule has 0 atom stereocenters. The largest absolute Gasteiger partial charge is 0.493 e. The van der Waals surface area contributed by atoms with E-state index in [1.807, 2.05) is 6.07 Å². The molecule has 1 rings (SSSR count). The van der Waals surface area contributed by atoms with E-state index in [1.165, 1.54) is 14.0 Å². The number of benzene rings is 1. The molecule has 0 aliphatic carbocycles. The lowest BCUT2D eigenvalue weighted by molar-refractivity contribution is -0.118. The fourth-order valence-electron chi connectivity index (χ4n) is 1.04. The van der Waals surface area contributed by atoms with Crippen LogP contribution in [0.4, 0.5) is 0 Å². The molecule has 0 bridgehead atoms. The van der Waals surface area contributed by atoms with Crippen molar-refractivity contribution >= 4 is 5.78 Å². The number of Topliss-reactive ketones (excluding diaryl/α,β-unsaturated/α-hetero) is 1. The number of hydrogen-bond acceptors (Lipinski definition) is 4. The normalized spacial score (nSPS) is 9.13. The Labute approximate surface area is 88.0 Å². The van der Waals surface area contributed by atoms with Crippen molar-refractivity contribution in [2.24, 2.45) is 0 Å². The maximum Gasteiger partial charge on any atom is 0.167 e. The molecule has 0 saturated heterocycles. The van der Waals surface area contributed by atoms with Crippen LogP contribution in [0.2, 0.25) is 0 Å². The molecule has 0 unspecified atom stereocenters. The number of nitrogens with zero attached hydrogens (tertiary/aromatic N) is 1. The molecule has 1 aromatic carbocycles. The fourth-order valence-corrected chi connectivity index (χ4v) is 1.04. The minimum atomic E-state index is -0.0681. The molecule has 1 aromatic rings. The Kier molecular flexibility index (Phi) is 3.69. The fraction of sp³-hybridized carbons (Fsp3) is 0.273. The summed E-state index contributed by atoms with van der Waals surface area (Å²) in [5.41, 5.74) is 0.488. The Hall–Kier alpha value is -2.02. The topological polar surface area (TPSA) is 59.3 Å². The Morgan fingerprint density at radius 3 is 2.73 bits per heavy atom. The Morgan fingerprint density at radius 2 is 2.20 bits per heavy atom. The number of carbonyl (C=O) groups is 1. The second-order valence-corrected chi connectivity index (χ2v) is 2.97. The molecule has 0 aromatic heterocycles. The van der Waals surface area contributed by atoms with E-state index in [-0.39, 0.29) is 12.4 Å². The van der Waals surface area contributed by atoms with E-state index in [2.05, 4.69) is 0 Å². The van der Waals surface area contributed by atoms with Gasteiger partial charge in [0.05, 0.1) is 18.7 Å². The summed E-state index contributed by atoms with van der Waals surface area (Å²) in [5, 5.41) is 8.67. The van der Waals surface area contributed by atoms with Gasteiger partial charge in [-0.15, -0.1) is 0 Å². The van der Waals surface area contributed by atoms with Gasteiger partial charge >= 0.3 is 0 Å². The molecule has 0 amide bonds. The van der Waals surface area contributed by atoms with E-state index in [0.717, 1.165) is 0 Å². The van der Waals surface area contributed by atoms with Crippen LogP contribution < -0.4 is 9.47 Å². The SMILES string of the molecule is COc1cc(C#N)ccc1OCC(C)=O. The lowest BCUT2D eigenvalue weighted by Crippen LogP contribution is -2.07. The summed E-state index contributed by atoms with van der Waals surface area (Å²) in [4.78, 5) is 10.7. The van der Waals surface area contributed by atoms with Crippen LogP contribution in [0.15, 0.2) is 18.2 Å². The summed E-state index contributed by atoms with van der Waals surface area (Å²) in [6.07, 6.45) is 0. The second-order valence-electron chi connectivity index (χ2n) is 2.97. The molecule has 0 heterocycles. The zero-order valence-electron chi connectivity index (χ0n) is 8.61. The number of nitriles is 1. The zero-order chi connectivity index (χ0) is 11.3. The predicted octanol–water partition coefficient (Wildman–Crippen LogP) is 1.53. The number of methoxy groups -OCH3 is 1. The number of carbonyl (C=O) groups excluding carboxylic acids is 1. The molecule has 0 N–H and O–H groups in total. The summed E-state index contributed by atoms with van der Waals surface area (Å²) in [7, 11) is 1.48. The smallest absolute Gasteiger partial charge is 0.167 e. The van der Waals surface area contributed by atoms with Gasteiger partial charge in [-0.1, -0.05) is 0 Å². The van der Waals surface area contributed by atoms with Crippen molar-refractivity contribution in [1.82, 2.24) is 0 Å². The van der Waals surface area contributed by atoms with Gasteiger partial charge < -0.3 is 9.47 Å². The third kappa shape index (κ3) is 2.99. The third-order valence-electron chi connectivity index (χ3n) is 1.72. The van der Waals surface area contributed by atoms with Gasteiger partial charge in [0.25, 0.3) is 0 Å². The number of hydrogen-bond donors (Lipinski definition) is 0. The molecule has 0 saturated carbocycles. The first-order valence-electron chi connectivity index (χ1n) is 4.37. The highest BCUT2D eigenvalue weighted by molar-refractivity contribution is 5.77. The average Bonchev–Trinajstić information content (AvgIpc) is 2.25. The monoisotopic (exact) mass is 205 g/mol. The van der Waals surface area contributed by atoms with Gasteiger partial charge in [-0.05, 0) is 19.1 Å². The molecule has 78 valence electrons. The van der Waals surface area contributed by atoms with Crippen LogP contribution in [0.25, 0.3) is 0 Å². The van der Waals surface area contributed by atoms with Gasteiger partial charge in [0.15, 0.2) is 17.3 Å². The van der Waals surface area contributed by atoms with E-state index in [0.29, 0.717) is 17.1 Å². The molecule has 0 radical (unpaired) electrons. The number of ketones is 1. The second kappa shape index (κ2) is 5.01. The van der Waals surface area contributed by atoms with E-state index >= 15 is 0 Å². The average molecular weight is 205 g/mol. The van der Waals surface area contributed by atoms with Crippen LogP contribution in [0.1, 0.15) is 12.5 Å². The van der Waals surface area contributed by atoms with Gasteiger partial charge in [0.2, 0.25) is 0 Å². The molecule has 0 aliphatic heterocycles. The van der Waals surface area contributed by atoms with Crippen molar-refractivity contribution < 1.29 is 14.3 Å². The molecular formula is C11H11NO3. The molecule has 0 spiro atoms. The lowest BCUT2D eigenvalue weighted by Gasteiger charge is -2.09. The maximum atomic E-state index is 10.7. The molecule has 15 heavy (non-hydrogen) atoms. The van der Waals surface area contributed by atoms with E-state index in [1.54, 1.807) is 18.2 Å². The van der Waals surface area contributed by atoms with Crippen molar-refractivity contribution in [3.05, 3.63) is 23.8 Å². The minimum Gasteiger partial charge on any atom is -0.493 e. The van der Waals surface area contributed by atoms with Gasteiger partial charge in [0, 0.05) is 6.07 Å². The van der Waals surface area contributed by atoms with E-state index < -0.39 is 0 Å². The molecule has 0 aliphatic rings. The Balaban J connectivity index is 2.88. The highest BCUT2D eigenvalue weighted by atomic mass is 16.5. The standard InChI is InChI=1S/C11H11NO3/c1-8(13)7-15-10-4-3-9(6-12)5-11(10)14-2/h3-5H,7H2,1-2H3. The van der Waals surface area contributed by atoms with Gasteiger partial charge in [-0.2, -0.15) is 5.26 Å². The quantitative estimate of drug-likeness (QED) is 0.748. The highest BCUT2D eigenvalue weighted by Gasteiger charge is 2.06. The van der Waals surface area contributed by atoms with Crippen molar-refractivity contribution in [3.63, 3.8) is 0 Å². The zero-order valence-corrected chi connectivity index (χ0v) is 8.61. The Morgan fingerprint density at radius 1 is 1.47 bits per heavy atom. The predicted molar refractivity (Wildman–Crippen MR) is 53.9 cm³/mol. The number of rotatable bonds is 4. The van der Waals surface area contributed by atoms with Crippen LogP contribution in [-0.2, 0) is 4.79 Å². The van der Waals surface area contributed by atoms with E-state index in [9.17, 15) is 4.79 Å².